The van der Waals surface area contributed by atoms with Crippen molar-refractivity contribution in [3.63, 3.8) is 0 Å². The lowest BCUT2D eigenvalue weighted by Gasteiger charge is -2.23. The van der Waals surface area contributed by atoms with Gasteiger partial charge in [-0.15, -0.1) is 0 Å². The summed E-state index contributed by atoms with van der Waals surface area (Å²) in [6, 6.07) is 5.48. The molecule has 0 radical (unpaired) electrons. The maximum absolute atomic E-state index is 12.9. The minimum atomic E-state index is -3.49. The minimum absolute atomic E-state index is 0.0695. The van der Waals surface area contributed by atoms with E-state index in [2.05, 4.69) is 4.90 Å². The molecule has 1 aromatic rings. The Morgan fingerprint density at radius 1 is 1.11 bits per heavy atom. The lowest BCUT2D eigenvalue weighted by atomic mass is 10.1. The molecule has 0 aromatic heterocycles. The zero-order valence-corrected chi connectivity index (χ0v) is 11.6. The molecule has 104 valence electrons. The first-order valence-electron chi connectivity index (χ1n) is 6.48. The summed E-state index contributed by atoms with van der Waals surface area (Å²) in [7, 11) is -1.45. The van der Waals surface area contributed by atoms with Crippen LogP contribution in [0.4, 0.5) is 4.39 Å². The van der Waals surface area contributed by atoms with E-state index in [9.17, 15) is 12.8 Å². The summed E-state index contributed by atoms with van der Waals surface area (Å²) in [4.78, 5) is 2.41. The number of benzene rings is 1. The van der Waals surface area contributed by atoms with E-state index in [-0.39, 0.29) is 10.9 Å². The maximum atomic E-state index is 12.9. The van der Waals surface area contributed by atoms with Crippen LogP contribution in [0.15, 0.2) is 29.2 Å². The Bertz CT molecular complexity index is 573. The van der Waals surface area contributed by atoms with Crippen molar-refractivity contribution in [2.75, 3.05) is 20.1 Å². The molecule has 2 aliphatic rings. The molecule has 0 saturated carbocycles. The molecule has 2 saturated heterocycles. The molecule has 2 unspecified atom stereocenters. The van der Waals surface area contributed by atoms with Crippen molar-refractivity contribution >= 4 is 10.0 Å². The second-order valence-corrected chi connectivity index (χ2v) is 7.15. The van der Waals surface area contributed by atoms with Gasteiger partial charge in [0.15, 0.2) is 0 Å². The SMILES string of the molecule is CN1CCC2C1CCN2S(=O)(=O)c1ccc(F)cc1. The number of fused-ring (bicyclic) bond motifs is 1. The molecule has 2 heterocycles. The van der Waals surface area contributed by atoms with E-state index in [0.717, 1.165) is 19.4 Å². The molecule has 0 bridgehead atoms. The van der Waals surface area contributed by atoms with Crippen LogP contribution in [0.1, 0.15) is 12.8 Å². The van der Waals surface area contributed by atoms with Gasteiger partial charge in [0, 0.05) is 18.6 Å². The summed E-state index contributed by atoms with van der Waals surface area (Å²) in [5.41, 5.74) is 0. The van der Waals surface area contributed by atoms with Crippen molar-refractivity contribution in [2.45, 2.75) is 29.8 Å². The van der Waals surface area contributed by atoms with Crippen LogP contribution >= 0.6 is 0 Å². The Morgan fingerprint density at radius 3 is 2.42 bits per heavy atom. The second-order valence-electron chi connectivity index (χ2n) is 5.26. The van der Waals surface area contributed by atoms with Crippen LogP contribution < -0.4 is 0 Å². The fourth-order valence-electron chi connectivity index (χ4n) is 3.20. The van der Waals surface area contributed by atoms with E-state index in [1.54, 1.807) is 4.31 Å². The summed E-state index contributed by atoms with van der Waals surface area (Å²) in [6.45, 7) is 1.49. The van der Waals surface area contributed by atoms with E-state index in [1.807, 2.05) is 7.05 Å². The molecule has 19 heavy (non-hydrogen) atoms. The predicted octanol–water partition coefficient (Wildman–Crippen LogP) is 1.29. The van der Waals surface area contributed by atoms with E-state index in [1.165, 1.54) is 24.3 Å². The minimum Gasteiger partial charge on any atom is -0.302 e. The number of likely N-dealkylation sites (tertiary alicyclic amines) is 1. The molecule has 2 aliphatic heterocycles. The van der Waals surface area contributed by atoms with Crippen LogP contribution in [0.3, 0.4) is 0 Å². The first kappa shape index (κ1) is 13.0. The summed E-state index contributed by atoms with van der Waals surface area (Å²) in [5.74, 6) is -0.418. The Kier molecular flexibility index (Phi) is 3.11. The molecule has 0 N–H and O–H groups in total. The average Bonchev–Trinajstić information content (AvgIpc) is 2.93. The highest BCUT2D eigenvalue weighted by Gasteiger charge is 2.46. The van der Waals surface area contributed by atoms with E-state index in [4.69, 9.17) is 0 Å². The first-order chi connectivity index (χ1) is 9.00. The van der Waals surface area contributed by atoms with Crippen LogP contribution in [0.5, 0.6) is 0 Å². The summed E-state index contributed by atoms with van der Waals surface area (Å²) in [6.07, 6.45) is 1.75. The van der Waals surface area contributed by atoms with Gasteiger partial charge in [0.1, 0.15) is 5.82 Å². The second kappa shape index (κ2) is 4.54. The molecule has 0 aliphatic carbocycles. The van der Waals surface area contributed by atoms with Gasteiger partial charge in [-0.2, -0.15) is 4.31 Å². The molecule has 2 fully saturated rings. The molecule has 1 aromatic carbocycles. The molecule has 2 atom stereocenters. The third kappa shape index (κ3) is 2.07. The molecule has 0 spiro atoms. The van der Waals surface area contributed by atoms with Gasteiger partial charge in [-0.3, -0.25) is 0 Å². The van der Waals surface area contributed by atoms with E-state index in [0.29, 0.717) is 12.6 Å². The van der Waals surface area contributed by atoms with Gasteiger partial charge in [-0.1, -0.05) is 0 Å². The first-order valence-corrected chi connectivity index (χ1v) is 7.92. The summed E-state index contributed by atoms with van der Waals surface area (Å²) >= 11 is 0. The zero-order valence-electron chi connectivity index (χ0n) is 10.8. The van der Waals surface area contributed by atoms with E-state index >= 15 is 0 Å². The largest absolute Gasteiger partial charge is 0.302 e. The van der Waals surface area contributed by atoms with E-state index < -0.39 is 15.8 Å². The number of rotatable bonds is 2. The fraction of sp³-hybridized carbons (Fsp3) is 0.538. The fourth-order valence-corrected chi connectivity index (χ4v) is 4.90. The van der Waals surface area contributed by atoms with Crippen LogP contribution in [0, 0.1) is 5.82 Å². The molecular formula is C13H17FN2O2S. The Balaban J connectivity index is 1.91. The number of sulfonamides is 1. The third-order valence-electron chi connectivity index (χ3n) is 4.22. The monoisotopic (exact) mass is 284 g/mol. The average molecular weight is 284 g/mol. The summed E-state index contributed by atoms with van der Waals surface area (Å²) < 4.78 is 39.7. The molecule has 4 nitrogen and oxygen atoms in total. The van der Waals surface area contributed by atoms with Crippen LogP contribution in [-0.4, -0.2) is 49.8 Å². The van der Waals surface area contributed by atoms with Crippen molar-refractivity contribution in [3.05, 3.63) is 30.1 Å². The number of hydrogen-bond acceptors (Lipinski definition) is 3. The van der Waals surface area contributed by atoms with Gasteiger partial charge < -0.3 is 4.90 Å². The Labute approximate surface area is 112 Å². The highest BCUT2D eigenvalue weighted by Crippen LogP contribution is 2.34. The van der Waals surface area contributed by atoms with Gasteiger partial charge >= 0.3 is 0 Å². The zero-order chi connectivity index (χ0) is 13.6. The van der Waals surface area contributed by atoms with Crippen LogP contribution in [-0.2, 0) is 10.0 Å². The van der Waals surface area contributed by atoms with Crippen molar-refractivity contribution in [3.8, 4) is 0 Å². The van der Waals surface area contributed by atoms with Gasteiger partial charge in [-0.05, 0) is 50.7 Å². The van der Waals surface area contributed by atoms with Gasteiger partial charge in [0.25, 0.3) is 0 Å². The van der Waals surface area contributed by atoms with Crippen molar-refractivity contribution in [2.24, 2.45) is 0 Å². The number of hydrogen-bond donors (Lipinski definition) is 0. The Hall–Kier alpha value is -0.980. The smallest absolute Gasteiger partial charge is 0.243 e. The van der Waals surface area contributed by atoms with Gasteiger partial charge in [-0.25, -0.2) is 12.8 Å². The molecule has 0 amide bonds. The normalized spacial score (nSPS) is 28.7. The lowest BCUT2D eigenvalue weighted by Crippen LogP contribution is -2.38. The molecule has 3 rings (SSSR count). The highest BCUT2D eigenvalue weighted by molar-refractivity contribution is 7.89. The van der Waals surface area contributed by atoms with Crippen LogP contribution in [0.2, 0.25) is 0 Å². The van der Waals surface area contributed by atoms with Crippen LogP contribution in [0.25, 0.3) is 0 Å². The van der Waals surface area contributed by atoms with Gasteiger partial charge in [0.05, 0.1) is 4.90 Å². The van der Waals surface area contributed by atoms with Crippen molar-refractivity contribution in [1.82, 2.24) is 9.21 Å². The quantitative estimate of drug-likeness (QED) is 0.822. The van der Waals surface area contributed by atoms with Crippen molar-refractivity contribution in [1.29, 1.82) is 0 Å². The molecule has 6 heteroatoms. The predicted molar refractivity (Wildman–Crippen MR) is 69.7 cm³/mol. The highest BCUT2D eigenvalue weighted by atomic mass is 32.2. The maximum Gasteiger partial charge on any atom is 0.243 e. The number of nitrogens with zero attached hydrogens (tertiary/aromatic N) is 2. The molecular weight excluding hydrogens is 267 g/mol. The standard InChI is InChI=1S/C13H17FN2O2S/c1-15-8-6-13-12(15)7-9-16(13)19(17,18)11-4-2-10(14)3-5-11/h2-5,12-13H,6-9H2,1H3. The topological polar surface area (TPSA) is 40.6 Å². The number of likely N-dealkylation sites (N-methyl/N-ethyl adjacent to an activating group) is 1. The number of halogens is 1. The summed E-state index contributed by atoms with van der Waals surface area (Å²) in [5, 5.41) is 0. The Morgan fingerprint density at radius 2 is 1.74 bits per heavy atom. The lowest BCUT2D eigenvalue weighted by molar-refractivity contribution is 0.300. The van der Waals surface area contributed by atoms with Crippen molar-refractivity contribution < 1.29 is 12.8 Å². The van der Waals surface area contributed by atoms with Gasteiger partial charge in [0.2, 0.25) is 10.0 Å². The third-order valence-corrected chi connectivity index (χ3v) is 6.16.